The van der Waals surface area contributed by atoms with Gasteiger partial charge < -0.3 is 24.8 Å². The van der Waals surface area contributed by atoms with Crippen molar-refractivity contribution in [1.29, 1.82) is 0 Å². The summed E-state index contributed by atoms with van der Waals surface area (Å²) in [4.78, 5) is 33.0. The molecule has 7 nitrogen and oxygen atoms in total. The van der Waals surface area contributed by atoms with Crippen LogP contribution in [-0.4, -0.2) is 91.1 Å². The number of nitrogens with one attached hydrogen (secondary N) is 1. The number of hydrogen-bond donors (Lipinski definition) is 1. The van der Waals surface area contributed by atoms with Gasteiger partial charge in [-0.05, 0) is 31.6 Å². The number of carbonyl (C=O) groups excluding carboxylic acids is 2. The molecule has 0 saturated carbocycles. The molecule has 0 unspecified atom stereocenters. The number of ether oxygens (including phenoxy) is 1. The van der Waals surface area contributed by atoms with Crippen LogP contribution in [0.15, 0.2) is 36.4 Å². The lowest BCUT2D eigenvalue weighted by Gasteiger charge is -2.32. The lowest BCUT2D eigenvalue weighted by molar-refractivity contribution is -0.137. The SMILES string of the molecule is CN1CCN(CCCNC(=O)[C@@H]2[C@H]3C=C[C@]4(CN(Cc5ccccc5Cl)C(=O)[C@@H]24)O3)CC1. The maximum absolute atomic E-state index is 13.3. The van der Waals surface area contributed by atoms with Crippen molar-refractivity contribution < 1.29 is 14.3 Å². The van der Waals surface area contributed by atoms with Crippen LogP contribution in [0.25, 0.3) is 0 Å². The van der Waals surface area contributed by atoms with E-state index in [4.69, 9.17) is 16.3 Å². The molecule has 1 N–H and O–H groups in total. The number of halogens is 1. The summed E-state index contributed by atoms with van der Waals surface area (Å²) in [6, 6.07) is 7.56. The Hall–Kier alpha value is -1.93. The van der Waals surface area contributed by atoms with Gasteiger partial charge in [0.25, 0.3) is 0 Å². The molecule has 4 heterocycles. The molecule has 1 spiro atoms. The van der Waals surface area contributed by atoms with Crippen molar-refractivity contribution in [2.45, 2.75) is 24.7 Å². The summed E-state index contributed by atoms with van der Waals surface area (Å²) in [6.07, 6.45) is 4.54. The number of rotatable bonds is 7. The zero-order valence-electron chi connectivity index (χ0n) is 18.5. The second-order valence-electron chi connectivity index (χ2n) is 9.48. The largest absolute Gasteiger partial charge is 0.360 e. The van der Waals surface area contributed by atoms with Crippen LogP contribution in [0.3, 0.4) is 0 Å². The van der Waals surface area contributed by atoms with E-state index in [2.05, 4.69) is 22.2 Å². The van der Waals surface area contributed by atoms with E-state index >= 15 is 0 Å². The molecule has 1 aromatic carbocycles. The van der Waals surface area contributed by atoms with E-state index < -0.39 is 17.4 Å². The number of hydrogen-bond acceptors (Lipinski definition) is 5. The summed E-state index contributed by atoms with van der Waals surface area (Å²) in [5.41, 5.74) is 0.215. The summed E-state index contributed by atoms with van der Waals surface area (Å²) in [7, 11) is 2.15. The van der Waals surface area contributed by atoms with E-state index in [0.717, 1.165) is 44.7 Å². The Morgan fingerprint density at radius 3 is 2.81 bits per heavy atom. The van der Waals surface area contributed by atoms with Gasteiger partial charge in [0.2, 0.25) is 11.8 Å². The molecule has 0 aliphatic carbocycles. The summed E-state index contributed by atoms with van der Waals surface area (Å²) in [6.45, 7) is 6.83. The molecule has 0 radical (unpaired) electrons. The van der Waals surface area contributed by atoms with Crippen LogP contribution in [0, 0.1) is 11.8 Å². The van der Waals surface area contributed by atoms with Gasteiger partial charge in [-0.2, -0.15) is 0 Å². The van der Waals surface area contributed by atoms with Gasteiger partial charge in [0.1, 0.15) is 5.60 Å². The quantitative estimate of drug-likeness (QED) is 0.494. The number of fused-ring (bicyclic) bond motifs is 1. The number of piperazine rings is 1. The molecule has 3 saturated heterocycles. The van der Waals surface area contributed by atoms with E-state index in [0.29, 0.717) is 24.7 Å². The molecule has 5 rings (SSSR count). The highest BCUT2D eigenvalue weighted by Crippen LogP contribution is 2.52. The van der Waals surface area contributed by atoms with Crippen LogP contribution in [0.1, 0.15) is 12.0 Å². The van der Waals surface area contributed by atoms with E-state index in [1.807, 2.05) is 36.4 Å². The molecule has 4 aliphatic heterocycles. The number of benzene rings is 1. The third-order valence-corrected chi connectivity index (χ3v) is 7.72. The van der Waals surface area contributed by atoms with Gasteiger partial charge in [0.15, 0.2) is 0 Å². The van der Waals surface area contributed by atoms with Crippen molar-refractivity contribution in [2.75, 3.05) is 52.9 Å². The first-order valence-corrected chi connectivity index (χ1v) is 11.9. The van der Waals surface area contributed by atoms with Gasteiger partial charge >= 0.3 is 0 Å². The first-order valence-electron chi connectivity index (χ1n) is 11.5. The lowest BCUT2D eigenvalue weighted by Crippen LogP contribution is -2.46. The fraction of sp³-hybridized carbons (Fsp3) is 0.583. The number of nitrogens with zero attached hydrogens (tertiary/aromatic N) is 3. The molecule has 1 aromatic rings. The van der Waals surface area contributed by atoms with E-state index in [1.165, 1.54) is 0 Å². The molecule has 3 fully saturated rings. The number of carbonyl (C=O) groups is 2. The normalized spacial score (nSPS) is 32.0. The standard InChI is InChI=1S/C24H31ClN4O3/c1-27-11-13-28(14-12-27)10-4-9-26-22(30)20-19-7-8-24(32-19)16-29(23(31)21(20)24)15-17-5-2-3-6-18(17)25/h2-3,5-8,19-21H,4,9-16H2,1H3,(H,26,30)/t19-,20-,21-,24-/m1/s1. The van der Waals surface area contributed by atoms with E-state index in [9.17, 15) is 9.59 Å². The minimum absolute atomic E-state index is 0.0191. The first kappa shape index (κ1) is 21.9. The topological polar surface area (TPSA) is 65.1 Å². The minimum Gasteiger partial charge on any atom is -0.360 e. The Bertz CT molecular complexity index is 916. The summed E-state index contributed by atoms with van der Waals surface area (Å²) >= 11 is 6.31. The molecular weight excluding hydrogens is 428 g/mol. The van der Waals surface area contributed by atoms with Gasteiger partial charge in [-0.3, -0.25) is 9.59 Å². The van der Waals surface area contributed by atoms with Crippen molar-refractivity contribution in [2.24, 2.45) is 11.8 Å². The van der Waals surface area contributed by atoms with Gasteiger partial charge in [0.05, 0.1) is 24.5 Å². The highest BCUT2D eigenvalue weighted by Gasteiger charge is 2.66. The highest BCUT2D eigenvalue weighted by atomic mass is 35.5. The van der Waals surface area contributed by atoms with Crippen LogP contribution in [0.2, 0.25) is 5.02 Å². The zero-order valence-corrected chi connectivity index (χ0v) is 19.3. The second-order valence-corrected chi connectivity index (χ2v) is 9.88. The number of amides is 2. The van der Waals surface area contributed by atoms with E-state index in [1.54, 1.807) is 4.90 Å². The average molecular weight is 459 g/mol. The van der Waals surface area contributed by atoms with Crippen LogP contribution in [0.5, 0.6) is 0 Å². The van der Waals surface area contributed by atoms with Crippen LogP contribution < -0.4 is 5.32 Å². The third-order valence-electron chi connectivity index (χ3n) is 7.35. The summed E-state index contributed by atoms with van der Waals surface area (Å²) < 4.78 is 6.22. The zero-order chi connectivity index (χ0) is 22.3. The molecule has 172 valence electrons. The van der Waals surface area contributed by atoms with Crippen molar-refractivity contribution in [3.63, 3.8) is 0 Å². The molecule has 0 aromatic heterocycles. The highest BCUT2D eigenvalue weighted by molar-refractivity contribution is 6.31. The fourth-order valence-corrected chi connectivity index (χ4v) is 5.74. The maximum Gasteiger partial charge on any atom is 0.230 e. The number of likely N-dealkylation sites (N-methyl/N-ethyl adjacent to an activating group) is 1. The molecule has 2 amide bonds. The Morgan fingerprint density at radius 1 is 1.25 bits per heavy atom. The van der Waals surface area contributed by atoms with Crippen molar-refractivity contribution >= 4 is 23.4 Å². The van der Waals surface area contributed by atoms with Gasteiger partial charge in [-0.15, -0.1) is 0 Å². The Balaban J connectivity index is 1.18. The summed E-state index contributed by atoms with van der Waals surface area (Å²) in [5, 5.41) is 3.72. The fourth-order valence-electron chi connectivity index (χ4n) is 5.55. The molecule has 4 atom stereocenters. The maximum atomic E-state index is 13.3. The van der Waals surface area contributed by atoms with Crippen molar-refractivity contribution in [3.8, 4) is 0 Å². The van der Waals surface area contributed by atoms with Gasteiger partial charge in [-0.25, -0.2) is 0 Å². The van der Waals surface area contributed by atoms with Crippen molar-refractivity contribution in [1.82, 2.24) is 20.0 Å². The minimum atomic E-state index is -0.690. The number of likely N-dealkylation sites (tertiary alicyclic amines) is 1. The molecule has 2 bridgehead atoms. The van der Waals surface area contributed by atoms with Crippen LogP contribution >= 0.6 is 11.6 Å². The second kappa shape index (κ2) is 8.78. The molecule has 32 heavy (non-hydrogen) atoms. The Morgan fingerprint density at radius 2 is 2.03 bits per heavy atom. The average Bonchev–Trinajstić information content (AvgIpc) is 3.42. The van der Waals surface area contributed by atoms with Gasteiger partial charge in [-0.1, -0.05) is 42.0 Å². The third kappa shape index (κ3) is 3.96. The Kier molecular flexibility index (Phi) is 6.01. The predicted molar refractivity (Wildman–Crippen MR) is 122 cm³/mol. The predicted octanol–water partition coefficient (Wildman–Crippen LogP) is 1.38. The Labute approximate surface area is 194 Å². The van der Waals surface area contributed by atoms with Crippen LogP contribution in [-0.2, 0) is 20.9 Å². The van der Waals surface area contributed by atoms with E-state index in [-0.39, 0.29) is 17.9 Å². The lowest BCUT2D eigenvalue weighted by atomic mass is 9.77. The first-order chi connectivity index (χ1) is 15.5. The summed E-state index contributed by atoms with van der Waals surface area (Å²) in [5.74, 6) is -1.02. The molecule has 4 aliphatic rings. The monoisotopic (exact) mass is 458 g/mol. The molecular formula is C24H31ClN4O3. The van der Waals surface area contributed by atoms with Crippen molar-refractivity contribution in [3.05, 3.63) is 47.0 Å². The smallest absolute Gasteiger partial charge is 0.230 e. The molecule has 8 heteroatoms. The van der Waals surface area contributed by atoms with Crippen LogP contribution in [0.4, 0.5) is 0 Å². The van der Waals surface area contributed by atoms with Gasteiger partial charge in [0, 0.05) is 44.3 Å².